The highest BCUT2D eigenvalue weighted by Gasteiger charge is 2.26. The van der Waals surface area contributed by atoms with Crippen LogP contribution in [0.4, 0.5) is 13.2 Å². The summed E-state index contributed by atoms with van der Waals surface area (Å²) in [7, 11) is 0. The van der Waals surface area contributed by atoms with E-state index in [4.69, 9.17) is 4.74 Å². The van der Waals surface area contributed by atoms with Crippen molar-refractivity contribution in [1.82, 2.24) is 5.32 Å². The molecule has 0 aliphatic heterocycles. The van der Waals surface area contributed by atoms with E-state index >= 15 is 0 Å². The Balaban J connectivity index is 3.34. The van der Waals surface area contributed by atoms with Crippen molar-refractivity contribution in [2.24, 2.45) is 5.92 Å². The summed E-state index contributed by atoms with van der Waals surface area (Å²) in [6, 6.07) is 0. The van der Waals surface area contributed by atoms with Crippen LogP contribution in [0.3, 0.4) is 0 Å². The Morgan fingerprint density at radius 1 is 1.12 bits per heavy atom. The largest absolute Gasteiger partial charge is 0.389 e. The molecule has 0 fully saturated rings. The Morgan fingerprint density at radius 3 is 2.25 bits per heavy atom. The van der Waals surface area contributed by atoms with Crippen LogP contribution in [0.2, 0.25) is 0 Å². The first-order valence-electron chi connectivity index (χ1n) is 5.70. The Hall–Kier alpha value is -0.290. The summed E-state index contributed by atoms with van der Waals surface area (Å²) in [5.74, 6) is 0.567. The SMILES string of the molecule is CC(C)CNCC(C)OCCCC(F)(F)F. The van der Waals surface area contributed by atoms with Crippen LogP contribution in [-0.4, -0.2) is 32.0 Å². The monoisotopic (exact) mass is 241 g/mol. The standard InChI is InChI=1S/C11H22F3NO/c1-9(2)7-15-8-10(3)16-6-4-5-11(12,13)14/h9-10,15H,4-8H2,1-3H3. The molecule has 0 aromatic heterocycles. The van der Waals surface area contributed by atoms with Gasteiger partial charge in [-0.25, -0.2) is 0 Å². The van der Waals surface area contributed by atoms with Crippen molar-refractivity contribution < 1.29 is 17.9 Å². The van der Waals surface area contributed by atoms with Crippen molar-refractivity contribution in [2.75, 3.05) is 19.7 Å². The van der Waals surface area contributed by atoms with E-state index in [1.807, 2.05) is 6.92 Å². The van der Waals surface area contributed by atoms with Crippen LogP contribution in [0, 0.1) is 5.92 Å². The minimum absolute atomic E-state index is 0.0352. The van der Waals surface area contributed by atoms with E-state index in [9.17, 15) is 13.2 Å². The lowest BCUT2D eigenvalue weighted by atomic mass is 10.2. The molecule has 5 heteroatoms. The van der Waals surface area contributed by atoms with Crippen molar-refractivity contribution in [3.8, 4) is 0 Å². The van der Waals surface area contributed by atoms with Gasteiger partial charge in [-0.1, -0.05) is 13.8 Å². The van der Waals surface area contributed by atoms with Gasteiger partial charge in [0, 0.05) is 19.6 Å². The molecule has 1 atom stereocenters. The summed E-state index contributed by atoms with van der Waals surface area (Å²) in [5.41, 5.74) is 0. The number of alkyl halides is 3. The number of halogens is 3. The van der Waals surface area contributed by atoms with Gasteiger partial charge < -0.3 is 10.1 Å². The first-order valence-corrected chi connectivity index (χ1v) is 5.70. The molecule has 0 saturated carbocycles. The van der Waals surface area contributed by atoms with Crippen LogP contribution >= 0.6 is 0 Å². The molecule has 0 aromatic rings. The van der Waals surface area contributed by atoms with Gasteiger partial charge in [-0.15, -0.1) is 0 Å². The van der Waals surface area contributed by atoms with Crippen molar-refractivity contribution in [1.29, 1.82) is 0 Å². The summed E-state index contributed by atoms with van der Waals surface area (Å²) in [4.78, 5) is 0. The molecule has 0 aliphatic rings. The van der Waals surface area contributed by atoms with Gasteiger partial charge in [0.05, 0.1) is 6.10 Å². The molecule has 0 spiro atoms. The second-order valence-corrected chi connectivity index (χ2v) is 4.45. The molecule has 1 unspecified atom stereocenters. The summed E-state index contributed by atoms with van der Waals surface area (Å²) >= 11 is 0. The molecule has 16 heavy (non-hydrogen) atoms. The second kappa shape index (κ2) is 7.90. The molecule has 0 aromatic carbocycles. The zero-order chi connectivity index (χ0) is 12.6. The normalized spacial score (nSPS) is 14.4. The molecule has 0 bridgehead atoms. The van der Waals surface area contributed by atoms with Crippen molar-refractivity contribution in [3.63, 3.8) is 0 Å². The van der Waals surface area contributed by atoms with E-state index in [1.54, 1.807) is 0 Å². The fourth-order valence-corrected chi connectivity index (χ4v) is 1.19. The molecule has 0 rings (SSSR count). The smallest absolute Gasteiger partial charge is 0.377 e. The van der Waals surface area contributed by atoms with Gasteiger partial charge in [-0.05, 0) is 25.8 Å². The van der Waals surface area contributed by atoms with Gasteiger partial charge in [0.15, 0.2) is 0 Å². The number of hydrogen-bond acceptors (Lipinski definition) is 2. The highest BCUT2D eigenvalue weighted by molar-refractivity contribution is 4.58. The van der Waals surface area contributed by atoms with E-state index in [0.717, 1.165) is 6.54 Å². The van der Waals surface area contributed by atoms with Gasteiger partial charge in [0.2, 0.25) is 0 Å². The lowest BCUT2D eigenvalue weighted by Crippen LogP contribution is -2.30. The lowest BCUT2D eigenvalue weighted by Gasteiger charge is -2.15. The molecule has 0 heterocycles. The summed E-state index contributed by atoms with van der Waals surface area (Å²) < 4.78 is 40.7. The molecule has 0 amide bonds. The number of rotatable bonds is 8. The Morgan fingerprint density at radius 2 is 1.75 bits per heavy atom. The number of hydrogen-bond donors (Lipinski definition) is 1. The van der Waals surface area contributed by atoms with Crippen LogP contribution < -0.4 is 5.32 Å². The van der Waals surface area contributed by atoms with E-state index in [2.05, 4.69) is 19.2 Å². The third-order valence-electron chi connectivity index (χ3n) is 1.99. The molecule has 0 saturated heterocycles. The third kappa shape index (κ3) is 11.8. The molecular formula is C11H22F3NO. The maximum Gasteiger partial charge on any atom is 0.389 e. The van der Waals surface area contributed by atoms with Gasteiger partial charge in [-0.3, -0.25) is 0 Å². The maximum atomic E-state index is 11.8. The summed E-state index contributed by atoms with van der Waals surface area (Å²) in [6.45, 7) is 7.81. The van der Waals surface area contributed by atoms with Gasteiger partial charge in [0.1, 0.15) is 0 Å². The quantitative estimate of drug-likeness (QED) is 0.660. The predicted molar refractivity (Wildman–Crippen MR) is 58.4 cm³/mol. The van der Waals surface area contributed by atoms with Crippen molar-refractivity contribution in [2.45, 2.75) is 45.9 Å². The first kappa shape index (κ1) is 15.7. The average Bonchev–Trinajstić information content (AvgIpc) is 2.10. The van der Waals surface area contributed by atoms with E-state index in [-0.39, 0.29) is 19.1 Å². The van der Waals surface area contributed by atoms with E-state index < -0.39 is 12.6 Å². The molecule has 98 valence electrons. The Bertz CT molecular complexity index is 171. The van der Waals surface area contributed by atoms with Crippen LogP contribution in [-0.2, 0) is 4.74 Å². The van der Waals surface area contributed by atoms with Crippen LogP contribution in [0.1, 0.15) is 33.6 Å². The van der Waals surface area contributed by atoms with Crippen LogP contribution in [0.5, 0.6) is 0 Å². The zero-order valence-electron chi connectivity index (χ0n) is 10.2. The van der Waals surface area contributed by atoms with Gasteiger partial charge in [0.25, 0.3) is 0 Å². The second-order valence-electron chi connectivity index (χ2n) is 4.45. The molecule has 0 radical (unpaired) electrons. The predicted octanol–water partition coefficient (Wildman–Crippen LogP) is 2.98. The van der Waals surface area contributed by atoms with Crippen LogP contribution in [0.15, 0.2) is 0 Å². The topological polar surface area (TPSA) is 21.3 Å². The number of ether oxygens (including phenoxy) is 1. The van der Waals surface area contributed by atoms with Crippen LogP contribution in [0.25, 0.3) is 0 Å². The summed E-state index contributed by atoms with van der Waals surface area (Å²) in [5, 5.41) is 3.19. The molecule has 0 aliphatic carbocycles. The highest BCUT2D eigenvalue weighted by atomic mass is 19.4. The fourth-order valence-electron chi connectivity index (χ4n) is 1.19. The maximum absolute atomic E-state index is 11.8. The van der Waals surface area contributed by atoms with Gasteiger partial charge in [-0.2, -0.15) is 13.2 Å². The molecule has 2 nitrogen and oxygen atoms in total. The zero-order valence-corrected chi connectivity index (χ0v) is 10.2. The average molecular weight is 241 g/mol. The molecular weight excluding hydrogens is 219 g/mol. The fraction of sp³-hybridized carbons (Fsp3) is 1.00. The Labute approximate surface area is 95.5 Å². The van der Waals surface area contributed by atoms with E-state index in [0.29, 0.717) is 12.5 Å². The van der Waals surface area contributed by atoms with E-state index in [1.165, 1.54) is 0 Å². The molecule has 1 N–H and O–H groups in total. The number of nitrogens with one attached hydrogen (secondary N) is 1. The summed E-state index contributed by atoms with van der Waals surface area (Å²) in [6.07, 6.45) is -4.83. The van der Waals surface area contributed by atoms with Gasteiger partial charge >= 0.3 is 6.18 Å². The van der Waals surface area contributed by atoms with Crippen molar-refractivity contribution >= 4 is 0 Å². The minimum atomic E-state index is -4.07. The lowest BCUT2D eigenvalue weighted by molar-refractivity contribution is -0.138. The minimum Gasteiger partial charge on any atom is -0.377 e. The highest BCUT2D eigenvalue weighted by Crippen LogP contribution is 2.21. The Kier molecular flexibility index (Phi) is 7.76. The first-order chi connectivity index (χ1) is 7.31. The van der Waals surface area contributed by atoms with Crippen molar-refractivity contribution in [3.05, 3.63) is 0 Å². The third-order valence-corrected chi connectivity index (χ3v) is 1.99.